The van der Waals surface area contributed by atoms with Crippen molar-refractivity contribution < 1.29 is 9.84 Å². The maximum atomic E-state index is 10.9. The van der Waals surface area contributed by atoms with Crippen LogP contribution in [0, 0.1) is 0 Å². The molecule has 1 unspecified atom stereocenters. The molecule has 0 saturated carbocycles. The molecular weight excluding hydrogens is 376 g/mol. The van der Waals surface area contributed by atoms with E-state index in [9.17, 15) is 5.11 Å². The van der Waals surface area contributed by atoms with Gasteiger partial charge in [-0.3, -0.25) is 0 Å². The molecule has 3 rings (SSSR count). The zero-order valence-corrected chi connectivity index (χ0v) is 15.5. The first-order valence-electron chi connectivity index (χ1n) is 7.96. The zero-order chi connectivity index (χ0) is 17.8. The van der Waals surface area contributed by atoms with Crippen LogP contribution in [0.2, 0.25) is 0 Å². The largest absolute Gasteiger partial charge is 0.497 e. The van der Waals surface area contributed by atoms with Crippen LogP contribution in [0.15, 0.2) is 83.8 Å². The van der Waals surface area contributed by atoms with Crippen LogP contribution in [0.25, 0.3) is 5.57 Å². The number of hydrogen-bond donors (Lipinski definition) is 1. The summed E-state index contributed by atoms with van der Waals surface area (Å²) in [5.41, 5.74) is 4.48. The van der Waals surface area contributed by atoms with Crippen LogP contribution in [0.5, 0.6) is 5.75 Å². The summed E-state index contributed by atoms with van der Waals surface area (Å²) in [6.45, 7) is 4.24. The second-order valence-electron chi connectivity index (χ2n) is 5.75. The van der Waals surface area contributed by atoms with E-state index in [2.05, 4.69) is 22.5 Å². The fraction of sp³-hybridized carbons (Fsp3) is 0.0909. The summed E-state index contributed by atoms with van der Waals surface area (Å²) >= 11 is 3.42. The highest BCUT2D eigenvalue weighted by Gasteiger charge is 2.16. The third kappa shape index (κ3) is 3.84. The summed E-state index contributed by atoms with van der Waals surface area (Å²) in [6.07, 6.45) is -0.709. The van der Waals surface area contributed by atoms with Gasteiger partial charge in [-0.1, -0.05) is 71.0 Å². The zero-order valence-electron chi connectivity index (χ0n) is 13.9. The standard InChI is InChI=1S/C22H19BrO2/c1-15(16-9-13-19(25-2)14-10-16)20-5-3-4-6-21(20)22(24)17-7-11-18(23)12-8-17/h3-14,22,24H,1H2,2H3. The minimum absolute atomic E-state index is 0.709. The van der Waals surface area contributed by atoms with E-state index < -0.39 is 6.10 Å². The van der Waals surface area contributed by atoms with Crippen molar-refractivity contribution in [2.75, 3.05) is 7.11 Å². The summed E-state index contributed by atoms with van der Waals surface area (Å²) in [5.74, 6) is 0.805. The molecule has 1 atom stereocenters. The lowest BCUT2D eigenvalue weighted by Gasteiger charge is -2.18. The van der Waals surface area contributed by atoms with Gasteiger partial charge in [0.1, 0.15) is 11.9 Å². The fourth-order valence-corrected chi connectivity index (χ4v) is 3.05. The normalized spacial score (nSPS) is 11.8. The van der Waals surface area contributed by atoms with E-state index in [1.165, 1.54) is 0 Å². The number of benzene rings is 3. The van der Waals surface area contributed by atoms with Crippen molar-refractivity contribution in [3.63, 3.8) is 0 Å². The average molecular weight is 395 g/mol. The van der Waals surface area contributed by atoms with Crippen LogP contribution in [0.3, 0.4) is 0 Å². The number of hydrogen-bond acceptors (Lipinski definition) is 2. The van der Waals surface area contributed by atoms with E-state index in [-0.39, 0.29) is 0 Å². The number of ether oxygens (including phenoxy) is 1. The number of methoxy groups -OCH3 is 1. The molecule has 126 valence electrons. The van der Waals surface area contributed by atoms with Crippen LogP contribution in [0.1, 0.15) is 28.4 Å². The van der Waals surface area contributed by atoms with Gasteiger partial charge in [-0.15, -0.1) is 0 Å². The Morgan fingerprint density at radius 1 is 0.960 bits per heavy atom. The maximum Gasteiger partial charge on any atom is 0.118 e. The smallest absolute Gasteiger partial charge is 0.118 e. The molecule has 0 heterocycles. The van der Waals surface area contributed by atoms with Gasteiger partial charge in [0.25, 0.3) is 0 Å². The van der Waals surface area contributed by atoms with E-state index in [1.54, 1.807) is 7.11 Å². The quantitative estimate of drug-likeness (QED) is 0.609. The van der Waals surface area contributed by atoms with Crippen molar-refractivity contribution >= 4 is 21.5 Å². The monoisotopic (exact) mass is 394 g/mol. The van der Waals surface area contributed by atoms with Crippen molar-refractivity contribution in [2.45, 2.75) is 6.10 Å². The lowest BCUT2D eigenvalue weighted by molar-refractivity contribution is 0.220. The molecule has 2 nitrogen and oxygen atoms in total. The molecule has 25 heavy (non-hydrogen) atoms. The Balaban J connectivity index is 1.97. The molecule has 1 N–H and O–H groups in total. The molecule has 0 aliphatic carbocycles. The Morgan fingerprint density at radius 2 is 1.60 bits per heavy atom. The molecule has 0 bridgehead atoms. The van der Waals surface area contributed by atoms with E-state index in [0.29, 0.717) is 0 Å². The molecule has 0 fully saturated rings. The average Bonchev–Trinajstić information content (AvgIpc) is 2.67. The highest BCUT2D eigenvalue weighted by Crippen LogP contribution is 2.32. The van der Waals surface area contributed by atoms with E-state index >= 15 is 0 Å². The maximum absolute atomic E-state index is 10.9. The van der Waals surface area contributed by atoms with Crippen molar-refractivity contribution in [1.82, 2.24) is 0 Å². The minimum Gasteiger partial charge on any atom is -0.497 e. The second kappa shape index (κ2) is 7.68. The van der Waals surface area contributed by atoms with Crippen molar-refractivity contribution in [2.24, 2.45) is 0 Å². The van der Waals surface area contributed by atoms with Gasteiger partial charge in [0, 0.05) is 4.47 Å². The molecule has 0 amide bonds. The van der Waals surface area contributed by atoms with Gasteiger partial charge in [0.2, 0.25) is 0 Å². The summed E-state index contributed by atoms with van der Waals surface area (Å²) < 4.78 is 6.20. The number of halogens is 1. The second-order valence-corrected chi connectivity index (χ2v) is 6.66. The Labute approximate surface area is 156 Å². The Kier molecular flexibility index (Phi) is 5.37. The molecule has 3 aromatic carbocycles. The van der Waals surface area contributed by atoms with Gasteiger partial charge < -0.3 is 9.84 Å². The van der Waals surface area contributed by atoms with Gasteiger partial charge in [0.15, 0.2) is 0 Å². The highest BCUT2D eigenvalue weighted by atomic mass is 79.9. The molecule has 0 spiro atoms. The van der Waals surface area contributed by atoms with Crippen molar-refractivity contribution in [1.29, 1.82) is 0 Å². The van der Waals surface area contributed by atoms with Crippen LogP contribution in [0.4, 0.5) is 0 Å². The molecule has 0 saturated heterocycles. The van der Waals surface area contributed by atoms with E-state index in [0.717, 1.165) is 38.0 Å². The predicted molar refractivity (Wildman–Crippen MR) is 106 cm³/mol. The minimum atomic E-state index is -0.709. The highest BCUT2D eigenvalue weighted by molar-refractivity contribution is 9.10. The SMILES string of the molecule is C=C(c1ccc(OC)cc1)c1ccccc1C(O)c1ccc(Br)cc1. The molecule has 3 heteroatoms. The Hall–Kier alpha value is -2.36. The number of aliphatic hydroxyl groups excluding tert-OH is 1. The molecule has 3 aromatic rings. The number of rotatable bonds is 5. The van der Waals surface area contributed by atoms with Gasteiger partial charge in [0.05, 0.1) is 7.11 Å². The van der Waals surface area contributed by atoms with Gasteiger partial charge >= 0.3 is 0 Å². The topological polar surface area (TPSA) is 29.5 Å². The first-order chi connectivity index (χ1) is 12.1. The van der Waals surface area contributed by atoms with Crippen molar-refractivity contribution in [3.05, 3.63) is 106 Å². The Bertz CT molecular complexity index is 867. The first-order valence-corrected chi connectivity index (χ1v) is 8.75. The van der Waals surface area contributed by atoms with Crippen LogP contribution in [-0.4, -0.2) is 12.2 Å². The van der Waals surface area contributed by atoms with Crippen LogP contribution < -0.4 is 4.74 Å². The van der Waals surface area contributed by atoms with Crippen LogP contribution in [-0.2, 0) is 0 Å². The fourth-order valence-electron chi connectivity index (χ4n) is 2.78. The lowest BCUT2D eigenvalue weighted by atomic mass is 9.90. The number of aliphatic hydroxyl groups is 1. The van der Waals surface area contributed by atoms with Crippen molar-refractivity contribution in [3.8, 4) is 5.75 Å². The Morgan fingerprint density at radius 3 is 2.24 bits per heavy atom. The molecule has 0 radical (unpaired) electrons. The van der Waals surface area contributed by atoms with E-state index in [4.69, 9.17) is 4.74 Å². The molecule has 0 aromatic heterocycles. The lowest BCUT2D eigenvalue weighted by Crippen LogP contribution is -2.03. The summed E-state index contributed by atoms with van der Waals surface area (Å²) in [5, 5.41) is 10.9. The third-order valence-electron chi connectivity index (χ3n) is 4.20. The van der Waals surface area contributed by atoms with Gasteiger partial charge in [-0.25, -0.2) is 0 Å². The van der Waals surface area contributed by atoms with Gasteiger partial charge in [-0.2, -0.15) is 0 Å². The molecule has 0 aliphatic heterocycles. The summed E-state index contributed by atoms with van der Waals surface area (Å²) in [4.78, 5) is 0. The molecule has 0 aliphatic rings. The first kappa shape index (κ1) is 17.5. The van der Waals surface area contributed by atoms with Crippen LogP contribution >= 0.6 is 15.9 Å². The van der Waals surface area contributed by atoms with E-state index in [1.807, 2.05) is 72.8 Å². The summed E-state index contributed by atoms with van der Waals surface area (Å²) in [6, 6.07) is 23.3. The molecular formula is C22H19BrO2. The van der Waals surface area contributed by atoms with Gasteiger partial charge in [-0.05, 0) is 52.1 Å². The predicted octanol–water partition coefficient (Wildman–Crippen LogP) is 5.60. The third-order valence-corrected chi connectivity index (χ3v) is 4.73. The summed E-state index contributed by atoms with van der Waals surface area (Å²) in [7, 11) is 1.65.